The zero-order chi connectivity index (χ0) is 17.3. The van der Waals surface area contributed by atoms with Crippen LogP contribution in [0.3, 0.4) is 0 Å². The van der Waals surface area contributed by atoms with Crippen molar-refractivity contribution < 1.29 is 22.7 Å². The Labute approximate surface area is 134 Å². The fraction of sp³-hybridized carbons (Fsp3) is 0.562. The van der Waals surface area contributed by atoms with E-state index in [1.165, 1.54) is 18.2 Å². The summed E-state index contributed by atoms with van der Waals surface area (Å²) in [5.41, 5.74) is 0.528. The maximum absolute atomic E-state index is 12.2. The van der Waals surface area contributed by atoms with Gasteiger partial charge < -0.3 is 15.4 Å². The number of carbonyl (C=O) groups is 1. The molecule has 1 aromatic rings. The number of amides is 2. The van der Waals surface area contributed by atoms with Crippen LogP contribution in [-0.2, 0) is 6.54 Å². The lowest BCUT2D eigenvalue weighted by Gasteiger charge is -2.15. The first-order chi connectivity index (χ1) is 10.8. The van der Waals surface area contributed by atoms with E-state index in [0.717, 1.165) is 25.7 Å². The molecule has 7 heteroatoms. The van der Waals surface area contributed by atoms with Crippen LogP contribution in [0.1, 0.15) is 45.1 Å². The van der Waals surface area contributed by atoms with Crippen LogP contribution in [0.25, 0.3) is 0 Å². The molecule has 0 radical (unpaired) electrons. The molecule has 0 aliphatic rings. The summed E-state index contributed by atoms with van der Waals surface area (Å²) in [6.45, 7) is 4.16. The van der Waals surface area contributed by atoms with Gasteiger partial charge in [0.25, 0.3) is 0 Å². The average molecular weight is 332 g/mol. The largest absolute Gasteiger partial charge is 0.573 e. The molecule has 0 spiro atoms. The number of hydrogen-bond acceptors (Lipinski definition) is 2. The van der Waals surface area contributed by atoms with E-state index >= 15 is 0 Å². The van der Waals surface area contributed by atoms with Gasteiger partial charge in [0.1, 0.15) is 5.75 Å². The van der Waals surface area contributed by atoms with Crippen LogP contribution in [0.4, 0.5) is 18.0 Å². The molecular weight excluding hydrogens is 309 g/mol. The third-order valence-corrected chi connectivity index (χ3v) is 3.20. The van der Waals surface area contributed by atoms with Crippen molar-refractivity contribution in [1.82, 2.24) is 10.6 Å². The molecule has 0 heterocycles. The Morgan fingerprint density at radius 1 is 1.30 bits per heavy atom. The summed E-state index contributed by atoms with van der Waals surface area (Å²) in [5.74, 6) is -0.301. The number of alkyl halides is 3. The molecule has 0 aromatic heterocycles. The molecule has 0 bridgehead atoms. The van der Waals surface area contributed by atoms with Crippen molar-refractivity contribution in [3.05, 3.63) is 29.8 Å². The molecular formula is C16H23F3N2O2. The predicted octanol–water partition coefficient (Wildman–Crippen LogP) is 4.35. The van der Waals surface area contributed by atoms with E-state index in [1.807, 2.05) is 6.92 Å². The Morgan fingerprint density at radius 3 is 2.70 bits per heavy atom. The molecule has 0 aliphatic carbocycles. The van der Waals surface area contributed by atoms with Crippen LogP contribution in [0.5, 0.6) is 5.75 Å². The number of unbranched alkanes of at least 4 members (excludes halogenated alkanes) is 2. The van der Waals surface area contributed by atoms with Crippen molar-refractivity contribution in [3.8, 4) is 5.75 Å². The van der Waals surface area contributed by atoms with Gasteiger partial charge in [0.05, 0.1) is 0 Å². The molecule has 0 saturated carbocycles. The number of urea groups is 1. The van der Waals surface area contributed by atoms with Gasteiger partial charge >= 0.3 is 12.4 Å². The summed E-state index contributed by atoms with van der Waals surface area (Å²) in [5, 5.41) is 5.42. The number of ether oxygens (including phenoxy) is 1. The molecule has 1 atom stereocenters. The van der Waals surface area contributed by atoms with Gasteiger partial charge in [-0.05, 0) is 31.0 Å². The molecule has 2 N–H and O–H groups in total. The van der Waals surface area contributed by atoms with Gasteiger partial charge in [-0.3, -0.25) is 0 Å². The number of nitrogens with one attached hydrogen (secondary N) is 2. The van der Waals surface area contributed by atoms with Crippen molar-refractivity contribution in [2.45, 2.75) is 58.5 Å². The number of hydrogen-bond donors (Lipinski definition) is 2. The molecule has 0 fully saturated rings. The molecule has 4 nitrogen and oxygen atoms in total. The first kappa shape index (κ1) is 19.1. The van der Waals surface area contributed by atoms with Crippen molar-refractivity contribution in [2.75, 3.05) is 0 Å². The van der Waals surface area contributed by atoms with Crippen molar-refractivity contribution >= 4 is 6.03 Å². The second-order valence-corrected chi connectivity index (χ2v) is 5.42. The Kier molecular flexibility index (Phi) is 7.71. The minimum Gasteiger partial charge on any atom is -0.406 e. The van der Waals surface area contributed by atoms with Gasteiger partial charge in [-0.25, -0.2) is 4.79 Å². The Balaban J connectivity index is 2.39. The molecule has 0 aliphatic heterocycles. The molecule has 2 amide bonds. The van der Waals surface area contributed by atoms with Crippen LogP contribution in [0.2, 0.25) is 0 Å². The van der Waals surface area contributed by atoms with Crippen molar-refractivity contribution in [2.24, 2.45) is 0 Å². The zero-order valence-electron chi connectivity index (χ0n) is 13.4. The van der Waals surface area contributed by atoms with E-state index in [1.54, 1.807) is 6.07 Å². The quantitative estimate of drug-likeness (QED) is 0.695. The summed E-state index contributed by atoms with van der Waals surface area (Å²) in [6.07, 6.45) is -0.531. The van der Waals surface area contributed by atoms with Crippen LogP contribution in [0.15, 0.2) is 24.3 Å². The minimum absolute atomic E-state index is 0.0569. The van der Waals surface area contributed by atoms with Gasteiger partial charge in [-0.2, -0.15) is 0 Å². The highest BCUT2D eigenvalue weighted by Crippen LogP contribution is 2.23. The first-order valence-electron chi connectivity index (χ1n) is 7.69. The van der Waals surface area contributed by atoms with Gasteiger partial charge in [0.2, 0.25) is 0 Å². The van der Waals surface area contributed by atoms with E-state index in [0.29, 0.717) is 5.56 Å². The van der Waals surface area contributed by atoms with Gasteiger partial charge in [-0.15, -0.1) is 13.2 Å². The smallest absolute Gasteiger partial charge is 0.406 e. The Hall–Kier alpha value is -1.92. The highest BCUT2D eigenvalue weighted by atomic mass is 19.4. The van der Waals surface area contributed by atoms with Crippen LogP contribution in [0, 0.1) is 0 Å². The second kappa shape index (κ2) is 9.27. The molecule has 130 valence electrons. The minimum atomic E-state index is -4.72. The number of carbonyl (C=O) groups excluding carboxylic acids is 1. The monoisotopic (exact) mass is 332 g/mol. The maximum atomic E-state index is 12.2. The summed E-state index contributed by atoms with van der Waals surface area (Å²) < 4.78 is 40.3. The highest BCUT2D eigenvalue weighted by molar-refractivity contribution is 5.74. The Bertz CT molecular complexity index is 492. The number of halogens is 3. The van der Waals surface area contributed by atoms with E-state index in [9.17, 15) is 18.0 Å². The lowest BCUT2D eigenvalue weighted by molar-refractivity contribution is -0.274. The standard InChI is InChI=1S/C16H23F3N2O2/c1-3-4-5-7-12(2)21-15(22)20-11-13-8-6-9-14(10-13)23-16(17,18)19/h6,8-10,12H,3-5,7,11H2,1-2H3,(H2,20,21,22). The van der Waals surface area contributed by atoms with Crippen LogP contribution >= 0.6 is 0 Å². The molecule has 1 unspecified atom stereocenters. The predicted molar refractivity (Wildman–Crippen MR) is 82.1 cm³/mol. The summed E-state index contributed by atoms with van der Waals surface area (Å²) in [7, 11) is 0. The average Bonchev–Trinajstić information content (AvgIpc) is 2.44. The number of rotatable bonds is 8. The second-order valence-electron chi connectivity index (χ2n) is 5.42. The molecule has 1 aromatic carbocycles. The molecule has 23 heavy (non-hydrogen) atoms. The lowest BCUT2D eigenvalue weighted by atomic mass is 10.1. The van der Waals surface area contributed by atoms with Gasteiger partial charge in [-0.1, -0.05) is 38.3 Å². The fourth-order valence-electron chi connectivity index (χ4n) is 2.08. The third kappa shape index (κ3) is 8.95. The highest BCUT2D eigenvalue weighted by Gasteiger charge is 2.31. The van der Waals surface area contributed by atoms with Crippen molar-refractivity contribution in [3.63, 3.8) is 0 Å². The van der Waals surface area contributed by atoms with E-state index in [4.69, 9.17) is 0 Å². The first-order valence-corrected chi connectivity index (χ1v) is 7.69. The zero-order valence-corrected chi connectivity index (χ0v) is 13.4. The summed E-state index contributed by atoms with van der Waals surface area (Å²) in [4.78, 5) is 11.7. The number of benzene rings is 1. The maximum Gasteiger partial charge on any atom is 0.573 e. The van der Waals surface area contributed by atoms with E-state index in [-0.39, 0.29) is 24.4 Å². The van der Waals surface area contributed by atoms with E-state index < -0.39 is 6.36 Å². The SMILES string of the molecule is CCCCCC(C)NC(=O)NCc1cccc(OC(F)(F)F)c1. The molecule has 0 saturated heterocycles. The van der Waals surface area contributed by atoms with E-state index in [2.05, 4.69) is 22.3 Å². The Morgan fingerprint density at radius 2 is 2.04 bits per heavy atom. The van der Waals surface area contributed by atoms with Crippen LogP contribution in [-0.4, -0.2) is 18.4 Å². The van der Waals surface area contributed by atoms with Crippen LogP contribution < -0.4 is 15.4 Å². The summed E-state index contributed by atoms with van der Waals surface area (Å²) >= 11 is 0. The fourth-order valence-corrected chi connectivity index (χ4v) is 2.08. The normalized spacial score (nSPS) is 12.6. The molecule has 1 rings (SSSR count). The van der Waals surface area contributed by atoms with Gasteiger partial charge in [0, 0.05) is 12.6 Å². The topological polar surface area (TPSA) is 50.4 Å². The third-order valence-electron chi connectivity index (χ3n) is 3.20. The summed E-state index contributed by atoms with van der Waals surface area (Å²) in [6, 6.07) is 5.25. The lowest BCUT2D eigenvalue weighted by Crippen LogP contribution is -2.40. The van der Waals surface area contributed by atoms with Crippen molar-refractivity contribution in [1.29, 1.82) is 0 Å². The van der Waals surface area contributed by atoms with Gasteiger partial charge in [0.15, 0.2) is 0 Å².